The summed E-state index contributed by atoms with van der Waals surface area (Å²) in [5.74, 6) is 2.25. The van der Waals surface area contributed by atoms with Crippen molar-refractivity contribution in [2.75, 3.05) is 13.1 Å². The summed E-state index contributed by atoms with van der Waals surface area (Å²) >= 11 is 0. The third-order valence-electron chi connectivity index (χ3n) is 3.72. The van der Waals surface area contributed by atoms with Crippen molar-refractivity contribution in [1.82, 2.24) is 15.0 Å². The van der Waals surface area contributed by atoms with Gasteiger partial charge < -0.3 is 10.3 Å². The normalized spacial score (nSPS) is 20.2. The third kappa shape index (κ3) is 3.53. The summed E-state index contributed by atoms with van der Waals surface area (Å²) in [6.45, 7) is 7.17. The van der Waals surface area contributed by atoms with Gasteiger partial charge in [-0.05, 0) is 45.2 Å². The zero-order valence-electron chi connectivity index (χ0n) is 11.4. The standard InChI is InChI=1S/C13H24N4O/c1-3-4-12-15-13(18-16-12)9-17-7-5-11(6-8-17)10(2)14/h10-11H,3-9,14H2,1-2H3. The van der Waals surface area contributed by atoms with Crippen molar-refractivity contribution in [2.24, 2.45) is 11.7 Å². The van der Waals surface area contributed by atoms with Crippen molar-refractivity contribution in [3.8, 4) is 0 Å². The lowest BCUT2D eigenvalue weighted by atomic mass is 9.91. The van der Waals surface area contributed by atoms with Gasteiger partial charge in [0.1, 0.15) is 0 Å². The monoisotopic (exact) mass is 252 g/mol. The lowest BCUT2D eigenvalue weighted by Gasteiger charge is -2.32. The maximum atomic E-state index is 5.94. The van der Waals surface area contributed by atoms with Crippen LogP contribution in [0.1, 0.15) is 44.8 Å². The second-order valence-corrected chi connectivity index (χ2v) is 5.33. The lowest BCUT2D eigenvalue weighted by molar-refractivity contribution is 0.150. The Labute approximate surface area is 109 Å². The van der Waals surface area contributed by atoms with Gasteiger partial charge in [0.2, 0.25) is 5.89 Å². The molecule has 1 aromatic rings. The smallest absolute Gasteiger partial charge is 0.240 e. The zero-order chi connectivity index (χ0) is 13.0. The molecule has 0 bridgehead atoms. The van der Waals surface area contributed by atoms with Crippen molar-refractivity contribution < 1.29 is 4.52 Å². The van der Waals surface area contributed by atoms with E-state index in [1.54, 1.807) is 0 Å². The van der Waals surface area contributed by atoms with Gasteiger partial charge in [-0.15, -0.1) is 0 Å². The summed E-state index contributed by atoms with van der Waals surface area (Å²) in [4.78, 5) is 6.78. The second kappa shape index (κ2) is 6.29. The highest BCUT2D eigenvalue weighted by Gasteiger charge is 2.22. The van der Waals surface area contributed by atoms with Crippen LogP contribution in [-0.4, -0.2) is 34.2 Å². The molecule has 5 heteroatoms. The Morgan fingerprint density at radius 3 is 2.78 bits per heavy atom. The summed E-state index contributed by atoms with van der Waals surface area (Å²) in [5, 5.41) is 3.98. The van der Waals surface area contributed by atoms with Crippen molar-refractivity contribution in [2.45, 2.75) is 52.1 Å². The molecule has 0 aromatic carbocycles. The number of rotatable bonds is 5. The first-order valence-corrected chi connectivity index (χ1v) is 6.98. The summed E-state index contributed by atoms with van der Waals surface area (Å²) in [5.41, 5.74) is 5.94. The highest BCUT2D eigenvalue weighted by molar-refractivity contribution is 4.87. The number of aryl methyl sites for hydroxylation is 1. The molecule has 2 heterocycles. The SMILES string of the molecule is CCCc1noc(CN2CCC(C(C)N)CC2)n1. The Morgan fingerprint density at radius 1 is 1.44 bits per heavy atom. The Morgan fingerprint density at radius 2 is 2.17 bits per heavy atom. The summed E-state index contributed by atoms with van der Waals surface area (Å²) < 4.78 is 5.27. The van der Waals surface area contributed by atoms with Crippen LogP contribution < -0.4 is 5.73 Å². The molecule has 18 heavy (non-hydrogen) atoms. The van der Waals surface area contributed by atoms with Gasteiger partial charge in [-0.1, -0.05) is 12.1 Å². The van der Waals surface area contributed by atoms with Gasteiger partial charge in [-0.25, -0.2) is 0 Å². The predicted molar refractivity (Wildman–Crippen MR) is 69.9 cm³/mol. The number of piperidine rings is 1. The molecular weight excluding hydrogens is 228 g/mol. The molecule has 1 saturated heterocycles. The van der Waals surface area contributed by atoms with E-state index in [4.69, 9.17) is 10.3 Å². The molecule has 1 aliphatic heterocycles. The number of nitrogens with zero attached hydrogens (tertiary/aromatic N) is 3. The van der Waals surface area contributed by atoms with Crippen LogP contribution in [0.3, 0.4) is 0 Å². The first-order chi connectivity index (χ1) is 8.69. The maximum Gasteiger partial charge on any atom is 0.240 e. The van der Waals surface area contributed by atoms with E-state index >= 15 is 0 Å². The fraction of sp³-hybridized carbons (Fsp3) is 0.846. The topological polar surface area (TPSA) is 68.2 Å². The van der Waals surface area contributed by atoms with Gasteiger partial charge in [0, 0.05) is 12.5 Å². The molecule has 0 saturated carbocycles. The van der Waals surface area contributed by atoms with Crippen LogP contribution in [0.25, 0.3) is 0 Å². The molecular formula is C13H24N4O. The summed E-state index contributed by atoms with van der Waals surface area (Å²) in [6.07, 6.45) is 4.30. The van der Waals surface area contributed by atoms with E-state index in [0.717, 1.165) is 44.2 Å². The average Bonchev–Trinajstić information content (AvgIpc) is 2.78. The van der Waals surface area contributed by atoms with Crippen molar-refractivity contribution in [3.05, 3.63) is 11.7 Å². The van der Waals surface area contributed by atoms with Crippen LogP contribution in [0.15, 0.2) is 4.52 Å². The first kappa shape index (κ1) is 13.5. The maximum absolute atomic E-state index is 5.94. The average molecular weight is 252 g/mol. The number of hydrogen-bond acceptors (Lipinski definition) is 5. The van der Waals surface area contributed by atoms with Gasteiger partial charge in [0.15, 0.2) is 5.82 Å². The van der Waals surface area contributed by atoms with E-state index in [1.165, 1.54) is 12.8 Å². The molecule has 0 spiro atoms. The Kier molecular flexibility index (Phi) is 4.72. The molecule has 0 radical (unpaired) electrons. The molecule has 2 N–H and O–H groups in total. The minimum Gasteiger partial charge on any atom is -0.338 e. The van der Waals surface area contributed by atoms with Crippen LogP contribution in [0, 0.1) is 5.92 Å². The number of nitrogens with two attached hydrogens (primary N) is 1. The summed E-state index contributed by atoms with van der Waals surface area (Å²) in [7, 11) is 0. The quantitative estimate of drug-likeness (QED) is 0.861. The van der Waals surface area contributed by atoms with Crippen LogP contribution in [0.4, 0.5) is 0 Å². The van der Waals surface area contributed by atoms with Crippen molar-refractivity contribution >= 4 is 0 Å². The number of likely N-dealkylation sites (tertiary alicyclic amines) is 1. The Hall–Kier alpha value is -0.940. The summed E-state index contributed by atoms with van der Waals surface area (Å²) in [6, 6.07) is 0.312. The number of hydrogen-bond donors (Lipinski definition) is 1. The van der Waals surface area contributed by atoms with Crippen molar-refractivity contribution in [3.63, 3.8) is 0 Å². The predicted octanol–water partition coefficient (Wildman–Crippen LogP) is 1.58. The van der Waals surface area contributed by atoms with Gasteiger partial charge in [-0.2, -0.15) is 4.98 Å². The van der Waals surface area contributed by atoms with E-state index in [1.807, 2.05) is 0 Å². The molecule has 2 rings (SSSR count). The molecule has 5 nitrogen and oxygen atoms in total. The highest BCUT2D eigenvalue weighted by atomic mass is 16.5. The van der Waals surface area contributed by atoms with E-state index < -0.39 is 0 Å². The van der Waals surface area contributed by atoms with Crippen LogP contribution >= 0.6 is 0 Å². The van der Waals surface area contributed by atoms with E-state index in [9.17, 15) is 0 Å². The van der Waals surface area contributed by atoms with Crippen LogP contribution in [0.5, 0.6) is 0 Å². The minimum atomic E-state index is 0.312. The fourth-order valence-electron chi connectivity index (χ4n) is 2.51. The van der Waals surface area contributed by atoms with Crippen molar-refractivity contribution in [1.29, 1.82) is 0 Å². The van der Waals surface area contributed by atoms with Gasteiger partial charge in [0.05, 0.1) is 6.54 Å². The fourth-order valence-corrected chi connectivity index (χ4v) is 2.51. The molecule has 102 valence electrons. The van der Waals surface area contributed by atoms with Crippen LogP contribution in [-0.2, 0) is 13.0 Å². The van der Waals surface area contributed by atoms with E-state index in [0.29, 0.717) is 12.0 Å². The third-order valence-corrected chi connectivity index (χ3v) is 3.72. The zero-order valence-corrected chi connectivity index (χ0v) is 11.4. The van der Waals surface area contributed by atoms with Crippen LogP contribution in [0.2, 0.25) is 0 Å². The highest BCUT2D eigenvalue weighted by Crippen LogP contribution is 2.20. The molecule has 1 aliphatic rings. The molecule has 0 amide bonds. The first-order valence-electron chi connectivity index (χ1n) is 6.98. The largest absolute Gasteiger partial charge is 0.338 e. The second-order valence-electron chi connectivity index (χ2n) is 5.33. The Bertz CT molecular complexity index is 356. The molecule has 1 aromatic heterocycles. The van der Waals surface area contributed by atoms with Gasteiger partial charge in [0.25, 0.3) is 0 Å². The lowest BCUT2D eigenvalue weighted by Crippen LogP contribution is -2.39. The molecule has 1 unspecified atom stereocenters. The van der Waals surface area contributed by atoms with E-state index in [-0.39, 0.29) is 0 Å². The molecule has 0 aliphatic carbocycles. The van der Waals surface area contributed by atoms with Gasteiger partial charge in [-0.3, -0.25) is 4.90 Å². The number of aromatic nitrogens is 2. The van der Waals surface area contributed by atoms with E-state index in [2.05, 4.69) is 28.9 Å². The van der Waals surface area contributed by atoms with Gasteiger partial charge >= 0.3 is 0 Å². The molecule has 1 atom stereocenters. The minimum absolute atomic E-state index is 0.312. The molecule has 1 fully saturated rings. The Balaban J connectivity index is 1.80.